The molecule has 4 aromatic rings. The van der Waals surface area contributed by atoms with E-state index in [1.165, 1.54) is 28.3 Å². The number of halogens is 1. The van der Waals surface area contributed by atoms with Gasteiger partial charge in [-0.1, -0.05) is 12.1 Å². The summed E-state index contributed by atoms with van der Waals surface area (Å²) in [5.41, 5.74) is 1.36. The third-order valence-electron chi connectivity index (χ3n) is 4.81. The summed E-state index contributed by atoms with van der Waals surface area (Å²) in [4.78, 5) is 37.3. The quantitative estimate of drug-likeness (QED) is 0.470. The SMILES string of the molecule is CCN(Cc1cccc(F)c1)C(=O)Cc1nc2scc(-c3ccc(C)s3)c2c(=O)[nH]1. The summed E-state index contributed by atoms with van der Waals surface area (Å²) in [7, 11) is 0. The zero-order valence-electron chi connectivity index (χ0n) is 16.6. The second-order valence-electron chi connectivity index (χ2n) is 6.97. The number of aryl methyl sites for hydroxylation is 1. The average molecular weight is 442 g/mol. The van der Waals surface area contributed by atoms with E-state index in [0.717, 1.165) is 16.0 Å². The van der Waals surface area contributed by atoms with Crippen LogP contribution in [0, 0.1) is 12.7 Å². The minimum Gasteiger partial charge on any atom is -0.338 e. The molecule has 0 aliphatic rings. The highest BCUT2D eigenvalue weighted by Gasteiger charge is 2.18. The molecule has 0 aliphatic heterocycles. The van der Waals surface area contributed by atoms with Crippen molar-refractivity contribution in [2.45, 2.75) is 26.8 Å². The van der Waals surface area contributed by atoms with Gasteiger partial charge in [0.2, 0.25) is 5.91 Å². The van der Waals surface area contributed by atoms with Gasteiger partial charge in [-0.25, -0.2) is 9.37 Å². The van der Waals surface area contributed by atoms with E-state index in [-0.39, 0.29) is 23.7 Å². The van der Waals surface area contributed by atoms with Crippen molar-refractivity contribution < 1.29 is 9.18 Å². The van der Waals surface area contributed by atoms with E-state index < -0.39 is 0 Å². The summed E-state index contributed by atoms with van der Waals surface area (Å²) in [5, 5.41) is 2.50. The fourth-order valence-electron chi connectivity index (χ4n) is 3.32. The second kappa shape index (κ2) is 8.49. The summed E-state index contributed by atoms with van der Waals surface area (Å²) in [6.07, 6.45) is -0.0142. The number of aromatic amines is 1. The van der Waals surface area contributed by atoms with Gasteiger partial charge in [-0.3, -0.25) is 9.59 Å². The molecule has 0 aliphatic carbocycles. The van der Waals surface area contributed by atoms with Crippen molar-refractivity contribution in [3.8, 4) is 10.4 Å². The summed E-state index contributed by atoms with van der Waals surface area (Å²) >= 11 is 3.03. The van der Waals surface area contributed by atoms with Crippen molar-refractivity contribution in [2.24, 2.45) is 0 Å². The Balaban J connectivity index is 1.57. The maximum atomic E-state index is 13.4. The largest absolute Gasteiger partial charge is 0.338 e. The molecule has 0 radical (unpaired) electrons. The molecule has 30 heavy (non-hydrogen) atoms. The van der Waals surface area contributed by atoms with Crippen molar-refractivity contribution in [2.75, 3.05) is 6.54 Å². The Morgan fingerprint density at radius 3 is 2.80 bits per heavy atom. The van der Waals surface area contributed by atoms with Crippen molar-refractivity contribution in [1.29, 1.82) is 0 Å². The van der Waals surface area contributed by atoms with Crippen LogP contribution in [0.3, 0.4) is 0 Å². The molecule has 0 fully saturated rings. The van der Waals surface area contributed by atoms with Crippen LogP contribution in [0.15, 0.2) is 46.6 Å². The lowest BCUT2D eigenvalue weighted by molar-refractivity contribution is -0.131. The van der Waals surface area contributed by atoms with Crippen molar-refractivity contribution in [3.05, 3.63) is 74.2 Å². The average Bonchev–Trinajstić information content (AvgIpc) is 3.32. The predicted molar refractivity (Wildman–Crippen MR) is 119 cm³/mol. The van der Waals surface area contributed by atoms with Crippen molar-refractivity contribution >= 4 is 38.8 Å². The van der Waals surface area contributed by atoms with E-state index in [1.807, 2.05) is 31.4 Å². The molecule has 1 aromatic carbocycles. The summed E-state index contributed by atoms with van der Waals surface area (Å²) in [6, 6.07) is 10.2. The van der Waals surface area contributed by atoms with Gasteiger partial charge in [0, 0.05) is 33.8 Å². The number of likely N-dealkylation sites (N-methyl/N-ethyl adjacent to an activating group) is 1. The van der Waals surface area contributed by atoms with Gasteiger partial charge in [-0.15, -0.1) is 22.7 Å². The number of H-pyrrole nitrogens is 1. The lowest BCUT2D eigenvalue weighted by Gasteiger charge is -2.21. The molecule has 0 atom stereocenters. The number of amides is 1. The molecule has 0 spiro atoms. The van der Waals surface area contributed by atoms with Crippen molar-refractivity contribution in [3.63, 3.8) is 0 Å². The zero-order valence-corrected chi connectivity index (χ0v) is 18.2. The van der Waals surface area contributed by atoms with Crippen LogP contribution < -0.4 is 5.56 Å². The molecule has 4 rings (SSSR count). The Labute approximate surface area is 180 Å². The predicted octanol–water partition coefficient (Wildman–Crippen LogP) is 4.75. The summed E-state index contributed by atoms with van der Waals surface area (Å²) in [5.74, 6) is -0.164. The van der Waals surface area contributed by atoms with E-state index in [0.29, 0.717) is 29.1 Å². The van der Waals surface area contributed by atoms with Crippen molar-refractivity contribution in [1.82, 2.24) is 14.9 Å². The van der Waals surface area contributed by atoms with E-state index in [4.69, 9.17) is 0 Å². The molecular formula is C22H20FN3O2S2. The summed E-state index contributed by atoms with van der Waals surface area (Å²) < 4.78 is 13.4. The van der Waals surface area contributed by atoms with Gasteiger partial charge >= 0.3 is 0 Å². The van der Waals surface area contributed by atoms with Gasteiger partial charge in [-0.05, 0) is 43.7 Å². The number of rotatable bonds is 6. The Morgan fingerprint density at radius 2 is 2.10 bits per heavy atom. The van der Waals surface area contributed by atoms with Crippen LogP contribution in [0.25, 0.3) is 20.7 Å². The third kappa shape index (κ3) is 4.20. The number of hydrogen-bond donors (Lipinski definition) is 1. The van der Waals surface area contributed by atoms with Gasteiger partial charge in [0.1, 0.15) is 16.5 Å². The number of hydrogen-bond acceptors (Lipinski definition) is 5. The normalized spacial score (nSPS) is 11.2. The van der Waals surface area contributed by atoms with E-state index in [1.54, 1.807) is 28.4 Å². The molecular weight excluding hydrogens is 421 g/mol. The number of nitrogens with zero attached hydrogens (tertiary/aromatic N) is 2. The standard InChI is InChI=1S/C22H20FN3O2S2/c1-3-26(11-14-5-4-6-15(23)9-14)19(27)10-18-24-21(28)20-16(12-29-22(20)25-18)17-8-7-13(2)30-17/h4-9,12H,3,10-11H2,1-2H3,(H,24,25,28). The van der Waals surface area contributed by atoms with Gasteiger partial charge in [0.05, 0.1) is 11.8 Å². The Kier molecular flexibility index (Phi) is 5.78. The number of carbonyl (C=O) groups is 1. The van der Waals surface area contributed by atoms with Gasteiger partial charge < -0.3 is 9.88 Å². The fraction of sp³-hybridized carbons (Fsp3) is 0.227. The first kappa shape index (κ1) is 20.4. The second-order valence-corrected chi connectivity index (χ2v) is 9.11. The summed E-state index contributed by atoms with van der Waals surface area (Å²) in [6.45, 7) is 4.67. The number of benzene rings is 1. The zero-order chi connectivity index (χ0) is 21.3. The topological polar surface area (TPSA) is 66.1 Å². The van der Waals surface area contributed by atoms with E-state index >= 15 is 0 Å². The van der Waals surface area contributed by atoms with Crippen LogP contribution in [0.2, 0.25) is 0 Å². The molecule has 3 aromatic heterocycles. The Morgan fingerprint density at radius 1 is 1.27 bits per heavy atom. The van der Waals surface area contributed by atoms with Crippen LogP contribution in [-0.4, -0.2) is 27.3 Å². The molecule has 0 bridgehead atoms. The highest BCUT2D eigenvalue weighted by molar-refractivity contribution is 7.19. The first-order valence-electron chi connectivity index (χ1n) is 9.54. The Hall–Kier alpha value is -2.84. The van der Waals surface area contributed by atoms with E-state index in [9.17, 15) is 14.0 Å². The number of nitrogens with one attached hydrogen (secondary N) is 1. The first-order valence-corrected chi connectivity index (χ1v) is 11.2. The molecule has 0 saturated heterocycles. The van der Waals surface area contributed by atoms with Crippen LogP contribution in [0.4, 0.5) is 4.39 Å². The molecule has 1 amide bonds. The van der Waals surface area contributed by atoms with E-state index in [2.05, 4.69) is 9.97 Å². The van der Waals surface area contributed by atoms with Crippen LogP contribution in [0.5, 0.6) is 0 Å². The molecule has 5 nitrogen and oxygen atoms in total. The minimum absolute atomic E-state index is 0.0142. The molecule has 154 valence electrons. The fourth-order valence-corrected chi connectivity index (χ4v) is 5.25. The molecule has 0 saturated carbocycles. The monoisotopic (exact) mass is 441 g/mol. The lowest BCUT2D eigenvalue weighted by Crippen LogP contribution is -2.32. The molecule has 8 heteroatoms. The van der Waals surface area contributed by atoms with Gasteiger partial charge in [0.25, 0.3) is 5.56 Å². The lowest BCUT2D eigenvalue weighted by atomic mass is 10.2. The molecule has 3 heterocycles. The number of fused-ring (bicyclic) bond motifs is 1. The third-order valence-corrected chi connectivity index (χ3v) is 6.72. The highest BCUT2D eigenvalue weighted by atomic mass is 32.1. The number of carbonyl (C=O) groups excluding carboxylic acids is 1. The molecule has 0 unspecified atom stereocenters. The highest BCUT2D eigenvalue weighted by Crippen LogP contribution is 2.35. The minimum atomic E-state index is -0.332. The number of aromatic nitrogens is 2. The van der Waals surface area contributed by atoms with Crippen LogP contribution in [-0.2, 0) is 17.8 Å². The van der Waals surface area contributed by atoms with Gasteiger partial charge in [0.15, 0.2) is 0 Å². The molecule has 1 N–H and O–H groups in total. The maximum Gasteiger partial charge on any atom is 0.260 e. The van der Waals surface area contributed by atoms with Crippen LogP contribution in [0.1, 0.15) is 23.2 Å². The van der Waals surface area contributed by atoms with Gasteiger partial charge in [-0.2, -0.15) is 0 Å². The maximum absolute atomic E-state index is 13.4. The first-order chi connectivity index (χ1) is 14.4. The smallest absolute Gasteiger partial charge is 0.260 e. The van der Waals surface area contributed by atoms with Crippen LogP contribution >= 0.6 is 22.7 Å². The number of thiophene rings is 2. The Bertz CT molecular complexity index is 1270.